The molecule has 0 radical (unpaired) electrons. The van der Waals surface area contributed by atoms with Crippen LogP contribution in [0.1, 0.15) is 5.56 Å². The zero-order chi connectivity index (χ0) is 15.1. The Balaban J connectivity index is 1.86. The monoisotopic (exact) mass is 286 g/mol. The number of amides is 1. The van der Waals surface area contributed by atoms with Crippen LogP contribution in [0.3, 0.4) is 0 Å². The Bertz CT molecular complexity index is 629. The SMILES string of the molecule is O=C(COc1ccccc1[N+](=O)[O-])NCc1ccccc1. The molecule has 1 N–H and O–H groups in total. The van der Waals surface area contributed by atoms with Crippen LogP contribution in [0.15, 0.2) is 54.6 Å². The number of carbonyl (C=O) groups excluding carboxylic acids is 1. The number of carbonyl (C=O) groups is 1. The Kier molecular flexibility index (Phi) is 4.87. The highest BCUT2D eigenvalue weighted by Gasteiger charge is 2.14. The molecule has 0 aliphatic carbocycles. The molecule has 0 aliphatic heterocycles. The number of nitro benzene ring substituents is 1. The number of hydrogen-bond donors (Lipinski definition) is 1. The van der Waals surface area contributed by atoms with Crippen molar-refractivity contribution in [2.45, 2.75) is 6.54 Å². The van der Waals surface area contributed by atoms with Crippen molar-refractivity contribution in [3.05, 3.63) is 70.3 Å². The lowest BCUT2D eigenvalue weighted by molar-refractivity contribution is -0.385. The smallest absolute Gasteiger partial charge is 0.310 e. The molecule has 0 spiro atoms. The van der Waals surface area contributed by atoms with Crippen LogP contribution in [0.25, 0.3) is 0 Å². The molecule has 0 aliphatic rings. The van der Waals surface area contributed by atoms with Gasteiger partial charge < -0.3 is 10.1 Å². The van der Waals surface area contributed by atoms with Crippen molar-refractivity contribution in [1.82, 2.24) is 5.32 Å². The number of nitro groups is 1. The molecule has 6 heteroatoms. The highest BCUT2D eigenvalue weighted by molar-refractivity contribution is 5.77. The summed E-state index contributed by atoms with van der Waals surface area (Å²) >= 11 is 0. The first-order valence-electron chi connectivity index (χ1n) is 6.33. The van der Waals surface area contributed by atoms with Gasteiger partial charge in [-0.25, -0.2) is 0 Å². The Labute approximate surface area is 121 Å². The molecule has 0 heterocycles. The normalized spacial score (nSPS) is 9.90. The van der Waals surface area contributed by atoms with Gasteiger partial charge in [-0.1, -0.05) is 42.5 Å². The lowest BCUT2D eigenvalue weighted by Crippen LogP contribution is -2.28. The van der Waals surface area contributed by atoms with Crippen LogP contribution in [0.2, 0.25) is 0 Å². The zero-order valence-corrected chi connectivity index (χ0v) is 11.2. The Morgan fingerprint density at radius 2 is 1.76 bits per heavy atom. The molecule has 0 unspecified atom stereocenters. The van der Waals surface area contributed by atoms with E-state index in [2.05, 4.69) is 5.32 Å². The summed E-state index contributed by atoms with van der Waals surface area (Å²) in [6.07, 6.45) is 0. The Morgan fingerprint density at radius 1 is 1.10 bits per heavy atom. The molecule has 21 heavy (non-hydrogen) atoms. The molecule has 108 valence electrons. The lowest BCUT2D eigenvalue weighted by atomic mass is 10.2. The number of rotatable bonds is 6. The Hall–Kier alpha value is -2.89. The standard InChI is InChI=1S/C15H14N2O4/c18-15(16-10-12-6-2-1-3-7-12)11-21-14-9-5-4-8-13(14)17(19)20/h1-9H,10-11H2,(H,16,18). The molecule has 2 rings (SSSR count). The minimum Gasteiger partial charge on any atom is -0.477 e. The highest BCUT2D eigenvalue weighted by Crippen LogP contribution is 2.25. The van der Waals surface area contributed by atoms with Crippen LogP contribution in [0.5, 0.6) is 5.75 Å². The summed E-state index contributed by atoms with van der Waals surface area (Å²) < 4.78 is 5.19. The van der Waals surface area contributed by atoms with Crippen LogP contribution in [0.4, 0.5) is 5.69 Å². The summed E-state index contributed by atoms with van der Waals surface area (Å²) in [5.41, 5.74) is 0.810. The van der Waals surface area contributed by atoms with E-state index in [0.29, 0.717) is 6.54 Å². The molecule has 2 aromatic rings. The molecule has 6 nitrogen and oxygen atoms in total. The maximum atomic E-state index is 11.7. The van der Waals surface area contributed by atoms with Gasteiger partial charge >= 0.3 is 5.69 Å². The van der Waals surface area contributed by atoms with E-state index in [1.807, 2.05) is 30.3 Å². The van der Waals surface area contributed by atoms with Gasteiger partial charge in [-0.2, -0.15) is 0 Å². The van der Waals surface area contributed by atoms with Gasteiger partial charge in [-0.15, -0.1) is 0 Å². The number of ether oxygens (including phenoxy) is 1. The van der Waals surface area contributed by atoms with Crippen molar-refractivity contribution in [2.75, 3.05) is 6.61 Å². The number of para-hydroxylation sites is 2. The largest absolute Gasteiger partial charge is 0.477 e. The first-order chi connectivity index (χ1) is 10.2. The fourth-order valence-corrected chi connectivity index (χ4v) is 1.72. The molecular formula is C15H14N2O4. The molecule has 0 saturated heterocycles. The second kappa shape index (κ2) is 7.04. The van der Waals surface area contributed by atoms with E-state index in [4.69, 9.17) is 4.74 Å². The fraction of sp³-hybridized carbons (Fsp3) is 0.133. The number of hydrogen-bond acceptors (Lipinski definition) is 4. The van der Waals surface area contributed by atoms with Crippen LogP contribution in [0, 0.1) is 10.1 Å². The number of nitrogens with zero attached hydrogens (tertiary/aromatic N) is 1. The first-order valence-corrected chi connectivity index (χ1v) is 6.33. The van der Waals surface area contributed by atoms with E-state index in [1.165, 1.54) is 12.1 Å². The van der Waals surface area contributed by atoms with Crippen LogP contribution < -0.4 is 10.1 Å². The topological polar surface area (TPSA) is 81.5 Å². The molecule has 0 atom stereocenters. The maximum absolute atomic E-state index is 11.7. The second-order valence-electron chi connectivity index (χ2n) is 4.28. The molecular weight excluding hydrogens is 272 g/mol. The summed E-state index contributed by atoms with van der Waals surface area (Å²) in [6.45, 7) is 0.123. The lowest BCUT2D eigenvalue weighted by Gasteiger charge is -2.07. The van der Waals surface area contributed by atoms with Gasteiger partial charge in [0, 0.05) is 12.6 Å². The van der Waals surface area contributed by atoms with Gasteiger partial charge in [0.1, 0.15) is 0 Å². The van der Waals surface area contributed by atoms with Crippen molar-refractivity contribution >= 4 is 11.6 Å². The molecule has 0 saturated carbocycles. The predicted octanol–water partition coefficient (Wildman–Crippen LogP) is 2.29. The summed E-state index contributed by atoms with van der Waals surface area (Å²) in [5.74, 6) is -0.255. The quantitative estimate of drug-likeness (QED) is 0.652. The van der Waals surface area contributed by atoms with Gasteiger partial charge in [-0.3, -0.25) is 14.9 Å². The molecule has 2 aromatic carbocycles. The minimum absolute atomic E-state index is 0.0809. The van der Waals surface area contributed by atoms with Gasteiger partial charge in [0.2, 0.25) is 0 Å². The summed E-state index contributed by atoms with van der Waals surface area (Å²) in [4.78, 5) is 21.9. The van der Waals surface area contributed by atoms with E-state index in [-0.39, 0.29) is 24.0 Å². The molecule has 0 fully saturated rings. The van der Waals surface area contributed by atoms with Gasteiger partial charge in [0.05, 0.1) is 4.92 Å². The fourth-order valence-electron chi connectivity index (χ4n) is 1.72. The van der Waals surface area contributed by atoms with Crippen molar-refractivity contribution in [2.24, 2.45) is 0 Å². The minimum atomic E-state index is -0.544. The number of benzene rings is 2. The van der Waals surface area contributed by atoms with Gasteiger partial charge in [-0.05, 0) is 11.6 Å². The van der Waals surface area contributed by atoms with E-state index in [0.717, 1.165) is 5.56 Å². The molecule has 0 aromatic heterocycles. The van der Waals surface area contributed by atoms with Crippen molar-refractivity contribution < 1.29 is 14.5 Å². The predicted molar refractivity (Wildman–Crippen MR) is 76.9 cm³/mol. The average Bonchev–Trinajstić information content (AvgIpc) is 2.52. The second-order valence-corrected chi connectivity index (χ2v) is 4.28. The van der Waals surface area contributed by atoms with Crippen molar-refractivity contribution in [3.63, 3.8) is 0 Å². The van der Waals surface area contributed by atoms with Crippen LogP contribution in [-0.2, 0) is 11.3 Å². The highest BCUT2D eigenvalue weighted by atomic mass is 16.6. The van der Waals surface area contributed by atoms with Crippen LogP contribution in [-0.4, -0.2) is 17.4 Å². The van der Waals surface area contributed by atoms with Gasteiger partial charge in [0.15, 0.2) is 12.4 Å². The van der Waals surface area contributed by atoms with Crippen LogP contribution >= 0.6 is 0 Å². The third-order valence-electron chi connectivity index (χ3n) is 2.75. The zero-order valence-electron chi connectivity index (χ0n) is 11.2. The van der Waals surface area contributed by atoms with E-state index in [1.54, 1.807) is 12.1 Å². The van der Waals surface area contributed by atoms with E-state index >= 15 is 0 Å². The summed E-state index contributed by atoms with van der Waals surface area (Å²) in [6, 6.07) is 15.4. The van der Waals surface area contributed by atoms with Gasteiger partial charge in [0.25, 0.3) is 5.91 Å². The van der Waals surface area contributed by atoms with E-state index in [9.17, 15) is 14.9 Å². The third kappa shape index (κ3) is 4.31. The van der Waals surface area contributed by atoms with Crippen molar-refractivity contribution in [1.29, 1.82) is 0 Å². The summed E-state index contributed by atoms with van der Waals surface area (Å²) in [5, 5.41) is 13.5. The van der Waals surface area contributed by atoms with Crippen molar-refractivity contribution in [3.8, 4) is 5.75 Å². The van der Waals surface area contributed by atoms with E-state index < -0.39 is 4.92 Å². The Morgan fingerprint density at radius 3 is 2.48 bits per heavy atom. The summed E-state index contributed by atoms with van der Waals surface area (Å²) in [7, 11) is 0. The maximum Gasteiger partial charge on any atom is 0.310 e. The average molecular weight is 286 g/mol. The molecule has 0 bridgehead atoms. The third-order valence-corrected chi connectivity index (χ3v) is 2.75. The first kappa shape index (κ1) is 14.5. The molecule has 1 amide bonds. The number of nitrogens with one attached hydrogen (secondary N) is 1.